The molecule has 7 nitrogen and oxygen atoms in total. The SMILES string of the molecule is NC(=O)O.O=[N+]([O-])NCc1ccccc1. The van der Waals surface area contributed by atoms with Crippen molar-refractivity contribution in [2.75, 3.05) is 0 Å². The Morgan fingerprint density at radius 3 is 2.33 bits per heavy atom. The van der Waals surface area contributed by atoms with Crippen LogP contribution in [0.2, 0.25) is 0 Å². The highest BCUT2D eigenvalue weighted by Crippen LogP contribution is 1.96. The molecule has 0 heterocycles. The van der Waals surface area contributed by atoms with Crippen LogP contribution in [0.1, 0.15) is 5.56 Å². The summed E-state index contributed by atoms with van der Waals surface area (Å²) < 4.78 is 0. The smallest absolute Gasteiger partial charge is 0.402 e. The van der Waals surface area contributed by atoms with Crippen molar-refractivity contribution in [2.24, 2.45) is 5.73 Å². The zero-order valence-corrected chi connectivity index (χ0v) is 7.79. The highest BCUT2D eigenvalue weighted by Gasteiger charge is 1.94. The molecule has 1 rings (SSSR count). The molecule has 15 heavy (non-hydrogen) atoms. The summed E-state index contributed by atoms with van der Waals surface area (Å²) in [6.45, 7) is 0.272. The number of hydrogen-bond acceptors (Lipinski definition) is 3. The van der Waals surface area contributed by atoms with E-state index < -0.39 is 11.1 Å². The largest absolute Gasteiger partial charge is 0.465 e. The second-order valence-electron chi connectivity index (χ2n) is 2.42. The number of carboxylic acid groups (broad SMARTS) is 1. The molecular weight excluding hydrogens is 202 g/mol. The van der Waals surface area contributed by atoms with E-state index in [-0.39, 0.29) is 6.54 Å². The van der Waals surface area contributed by atoms with E-state index in [9.17, 15) is 10.1 Å². The summed E-state index contributed by atoms with van der Waals surface area (Å²) in [6.07, 6.45) is -1.33. The number of hydrogen-bond donors (Lipinski definition) is 3. The summed E-state index contributed by atoms with van der Waals surface area (Å²) in [4.78, 5) is 18.6. The molecule has 0 bridgehead atoms. The van der Waals surface area contributed by atoms with Crippen LogP contribution in [0.3, 0.4) is 0 Å². The monoisotopic (exact) mass is 213 g/mol. The fourth-order valence-electron chi connectivity index (χ4n) is 0.752. The van der Waals surface area contributed by atoms with Gasteiger partial charge in [0.05, 0.1) is 0 Å². The number of rotatable bonds is 3. The van der Waals surface area contributed by atoms with Crippen LogP contribution in [0.4, 0.5) is 4.79 Å². The third-order valence-electron chi connectivity index (χ3n) is 1.26. The standard InChI is InChI=1S/C7H8N2O2.CH3NO2/c10-9(11)8-6-7-4-2-1-3-5-7;2-1(3)4/h1-5,8H,6H2;2H2,(H,3,4). The number of nitro groups is 1. The number of carbonyl (C=O) groups is 1. The first-order chi connectivity index (χ1) is 7.02. The van der Waals surface area contributed by atoms with Crippen molar-refractivity contribution < 1.29 is 14.9 Å². The van der Waals surface area contributed by atoms with Gasteiger partial charge in [-0.15, -0.1) is 5.43 Å². The first kappa shape index (κ1) is 12.7. The lowest BCUT2D eigenvalue weighted by molar-refractivity contribution is -0.546. The first-order valence-corrected chi connectivity index (χ1v) is 3.92. The van der Waals surface area contributed by atoms with E-state index >= 15 is 0 Å². The second-order valence-corrected chi connectivity index (χ2v) is 2.42. The molecule has 1 aromatic carbocycles. The Morgan fingerprint density at radius 1 is 1.47 bits per heavy atom. The van der Waals surface area contributed by atoms with Crippen LogP contribution >= 0.6 is 0 Å². The quantitative estimate of drug-likeness (QED) is 0.501. The average molecular weight is 213 g/mol. The van der Waals surface area contributed by atoms with Crippen molar-refractivity contribution >= 4 is 6.09 Å². The maximum absolute atomic E-state index is 9.87. The summed E-state index contributed by atoms with van der Waals surface area (Å²) in [5.41, 5.74) is 7.02. The van der Waals surface area contributed by atoms with Crippen LogP contribution in [0, 0.1) is 10.1 Å². The lowest BCUT2D eigenvalue weighted by atomic mass is 10.2. The number of nitrogens with zero attached hydrogens (tertiary/aromatic N) is 1. The molecule has 4 N–H and O–H groups in total. The summed E-state index contributed by atoms with van der Waals surface area (Å²) in [7, 11) is 0. The Labute approximate surface area is 85.6 Å². The van der Waals surface area contributed by atoms with Gasteiger partial charge in [0, 0.05) is 0 Å². The molecule has 0 saturated heterocycles. The first-order valence-electron chi connectivity index (χ1n) is 3.92. The van der Waals surface area contributed by atoms with Gasteiger partial charge in [0.25, 0.3) is 0 Å². The topological polar surface area (TPSA) is 118 Å². The van der Waals surface area contributed by atoms with Gasteiger partial charge in [0.2, 0.25) is 0 Å². The number of nitrogens with two attached hydrogens (primary N) is 1. The maximum Gasteiger partial charge on any atom is 0.402 e. The van der Waals surface area contributed by atoms with Crippen molar-refractivity contribution in [3.8, 4) is 0 Å². The van der Waals surface area contributed by atoms with E-state index in [1.54, 1.807) is 0 Å². The molecule has 0 unspecified atom stereocenters. The number of benzene rings is 1. The molecule has 0 radical (unpaired) electrons. The Hall–Kier alpha value is -2.31. The summed E-state index contributed by atoms with van der Waals surface area (Å²) in [6, 6.07) is 9.22. The number of amides is 1. The number of nitrogens with one attached hydrogen (secondary N) is 1. The van der Waals surface area contributed by atoms with Gasteiger partial charge in [-0.1, -0.05) is 30.3 Å². The minimum Gasteiger partial charge on any atom is -0.465 e. The van der Waals surface area contributed by atoms with Gasteiger partial charge in [-0.05, 0) is 5.56 Å². The predicted molar refractivity (Wildman–Crippen MR) is 52.5 cm³/mol. The van der Waals surface area contributed by atoms with Crippen LogP contribution in [-0.4, -0.2) is 16.2 Å². The van der Waals surface area contributed by atoms with Crippen LogP contribution in [-0.2, 0) is 6.54 Å². The molecule has 0 aliphatic carbocycles. The molecule has 0 aliphatic heterocycles. The molecule has 7 heteroatoms. The highest BCUT2D eigenvalue weighted by molar-refractivity contribution is 5.61. The molecule has 0 fully saturated rings. The normalized spacial score (nSPS) is 8.27. The molecule has 1 amide bonds. The van der Waals surface area contributed by atoms with Gasteiger partial charge in [0.1, 0.15) is 6.54 Å². The van der Waals surface area contributed by atoms with Crippen LogP contribution in [0.25, 0.3) is 0 Å². The van der Waals surface area contributed by atoms with Gasteiger partial charge >= 0.3 is 6.09 Å². The van der Waals surface area contributed by atoms with E-state index in [0.717, 1.165) is 5.56 Å². The lowest BCUT2D eigenvalue weighted by Gasteiger charge is -1.95. The Balaban J connectivity index is 0.000000423. The minimum atomic E-state index is -1.33. The van der Waals surface area contributed by atoms with Crippen molar-refractivity contribution in [1.82, 2.24) is 5.43 Å². The van der Waals surface area contributed by atoms with Gasteiger partial charge in [-0.3, -0.25) is 0 Å². The van der Waals surface area contributed by atoms with E-state index in [2.05, 4.69) is 11.2 Å². The van der Waals surface area contributed by atoms with Gasteiger partial charge < -0.3 is 10.8 Å². The lowest BCUT2D eigenvalue weighted by Crippen LogP contribution is -2.20. The molecule has 0 spiro atoms. The molecular formula is C8H11N3O4. The Kier molecular flexibility index (Phi) is 6.03. The fraction of sp³-hybridized carbons (Fsp3) is 0.125. The van der Waals surface area contributed by atoms with Crippen molar-refractivity contribution in [1.29, 1.82) is 0 Å². The highest BCUT2D eigenvalue weighted by atomic mass is 16.7. The van der Waals surface area contributed by atoms with E-state index in [0.29, 0.717) is 0 Å². The molecule has 82 valence electrons. The van der Waals surface area contributed by atoms with Crippen LogP contribution in [0.5, 0.6) is 0 Å². The van der Waals surface area contributed by atoms with E-state index in [4.69, 9.17) is 9.90 Å². The van der Waals surface area contributed by atoms with Crippen LogP contribution in [0.15, 0.2) is 30.3 Å². The second kappa shape index (κ2) is 7.13. The average Bonchev–Trinajstić information content (AvgIpc) is 2.15. The van der Waals surface area contributed by atoms with Crippen LogP contribution < -0.4 is 11.2 Å². The predicted octanol–water partition coefficient (Wildman–Crippen LogP) is 0.591. The van der Waals surface area contributed by atoms with Crippen molar-refractivity contribution in [2.45, 2.75) is 6.54 Å². The van der Waals surface area contributed by atoms with E-state index in [1.165, 1.54) is 0 Å². The molecule has 0 aliphatic rings. The molecule has 0 aromatic heterocycles. The van der Waals surface area contributed by atoms with Crippen molar-refractivity contribution in [3.05, 3.63) is 46.0 Å². The summed E-state index contributed by atoms with van der Waals surface area (Å²) in [5, 5.41) is 16.5. The fourth-order valence-corrected chi connectivity index (χ4v) is 0.752. The number of hydrazine groups is 1. The van der Waals surface area contributed by atoms with E-state index in [1.807, 2.05) is 30.3 Å². The molecule has 1 aromatic rings. The summed E-state index contributed by atoms with van der Waals surface area (Å²) in [5.74, 6) is 0. The van der Waals surface area contributed by atoms with Gasteiger partial charge in [-0.2, -0.15) is 0 Å². The van der Waals surface area contributed by atoms with Crippen molar-refractivity contribution in [3.63, 3.8) is 0 Å². The zero-order valence-electron chi connectivity index (χ0n) is 7.79. The van der Waals surface area contributed by atoms with Gasteiger partial charge in [0.15, 0.2) is 5.03 Å². The minimum absolute atomic E-state index is 0.272. The number of primary amides is 1. The zero-order chi connectivity index (χ0) is 11.7. The third-order valence-corrected chi connectivity index (χ3v) is 1.26. The maximum atomic E-state index is 9.87. The summed E-state index contributed by atoms with van der Waals surface area (Å²) >= 11 is 0. The third kappa shape index (κ3) is 9.61. The molecule has 0 atom stereocenters. The Bertz CT molecular complexity index is 311. The van der Waals surface area contributed by atoms with Gasteiger partial charge in [-0.25, -0.2) is 14.9 Å². The molecule has 0 saturated carbocycles. The Morgan fingerprint density at radius 2 is 1.93 bits per heavy atom.